The van der Waals surface area contributed by atoms with E-state index in [1.165, 1.54) is 24.5 Å². The van der Waals surface area contributed by atoms with Gasteiger partial charge in [0, 0.05) is 17.7 Å². The summed E-state index contributed by atoms with van der Waals surface area (Å²) in [5, 5.41) is 18.5. The van der Waals surface area contributed by atoms with Gasteiger partial charge in [-0.3, -0.25) is 10.1 Å². The molecule has 1 aliphatic heterocycles. The monoisotopic (exact) mass is 339 g/mol. The molecule has 8 heteroatoms. The van der Waals surface area contributed by atoms with Crippen LogP contribution < -0.4 is 5.32 Å². The van der Waals surface area contributed by atoms with Gasteiger partial charge in [0.15, 0.2) is 0 Å². The minimum Gasteiger partial charge on any atom is -0.348 e. The zero-order valence-electron chi connectivity index (χ0n) is 13.0. The van der Waals surface area contributed by atoms with Crippen molar-refractivity contribution in [3.63, 3.8) is 0 Å². The molecule has 0 radical (unpaired) electrons. The average molecular weight is 339 g/mol. The van der Waals surface area contributed by atoms with E-state index in [4.69, 9.17) is 0 Å². The van der Waals surface area contributed by atoms with Crippen LogP contribution in [0.1, 0.15) is 29.6 Å². The van der Waals surface area contributed by atoms with Gasteiger partial charge in [-0.05, 0) is 18.1 Å². The smallest absolute Gasteiger partial charge is 0.269 e. The molecule has 126 valence electrons. The molecule has 0 aliphatic carbocycles. The highest BCUT2D eigenvalue weighted by molar-refractivity contribution is 5.42. The molecule has 0 spiro atoms. The molecule has 0 saturated carbocycles. The Hall–Kier alpha value is -3.29. The first-order valence-corrected chi connectivity index (χ1v) is 7.78. The van der Waals surface area contributed by atoms with Crippen LogP contribution in [0.3, 0.4) is 0 Å². The summed E-state index contributed by atoms with van der Waals surface area (Å²) in [5.41, 5.74) is 1.30. The molecule has 1 aromatic heterocycles. The Balaban J connectivity index is 1.75. The second-order valence-electron chi connectivity index (χ2n) is 5.85. The summed E-state index contributed by atoms with van der Waals surface area (Å²) in [4.78, 5) is 14.8. The van der Waals surface area contributed by atoms with Gasteiger partial charge < -0.3 is 5.32 Å². The number of aromatic nitrogens is 3. The molecular formula is C17H14FN5O2. The fourth-order valence-corrected chi connectivity index (χ4v) is 3.20. The number of nitrogens with zero attached hydrogens (tertiary/aromatic N) is 4. The Labute approximate surface area is 142 Å². The predicted octanol–water partition coefficient (Wildman–Crippen LogP) is 3.47. The first-order valence-electron chi connectivity index (χ1n) is 7.78. The Morgan fingerprint density at radius 3 is 2.88 bits per heavy atom. The van der Waals surface area contributed by atoms with E-state index in [1.807, 2.05) is 6.07 Å². The van der Waals surface area contributed by atoms with Crippen LogP contribution in [0.5, 0.6) is 0 Å². The maximum Gasteiger partial charge on any atom is 0.269 e. The summed E-state index contributed by atoms with van der Waals surface area (Å²) in [6.45, 7) is 0. The summed E-state index contributed by atoms with van der Waals surface area (Å²) in [6, 6.07) is 12.4. The molecule has 2 atom stereocenters. The van der Waals surface area contributed by atoms with E-state index in [0.29, 0.717) is 17.9 Å². The number of nitrogens with one attached hydrogen (secondary N) is 1. The maximum atomic E-state index is 14.3. The molecule has 0 bridgehead atoms. The van der Waals surface area contributed by atoms with Gasteiger partial charge in [-0.2, -0.15) is 10.1 Å². The topological polar surface area (TPSA) is 85.9 Å². The average Bonchev–Trinajstić information content (AvgIpc) is 3.10. The fourth-order valence-electron chi connectivity index (χ4n) is 3.20. The zero-order valence-corrected chi connectivity index (χ0v) is 13.0. The van der Waals surface area contributed by atoms with Gasteiger partial charge >= 0.3 is 0 Å². The summed E-state index contributed by atoms with van der Waals surface area (Å²) in [5.74, 6) is 0.199. The standard InChI is InChI=1S/C17H14FN5O2/c18-14-7-2-1-6-13(14)16-9-15(21-17-19-10-20-22(16)17)11-4-3-5-12(8-11)23(24)25/h1-8,10,15-16H,9H2,(H,19,20,21)/t15-,16-/m0/s1. The van der Waals surface area contributed by atoms with Crippen LogP contribution in [-0.4, -0.2) is 19.7 Å². The molecule has 4 rings (SSSR count). The quantitative estimate of drug-likeness (QED) is 0.583. The van der Waals surface area contributed by atoms with Gasteiger partial charge in [0.25, 0.3) is 5.69 Å². The number of anilines is 1. The molecule has 3 aromatic rings. The Morgan fingerprint density at radius 1 is 1.24 bits per heavy atom. The number of nitro benzene ring substituents is 1. The van der Waals surface area contributed by atoms with Crippen LogP contribution in [0.15, 0.2) is 54.9 Å². The van der Waals surface area contributed by atoms with E-state index in [0.717, 1.165) is 5.56 Å². The van der Waals surface area contributed by atoms with E-state index < -0.39 is 4.92 Å². The molecule has 25 heavy (non-hydrogen) atoms. The molecule has 2 aromatic carbocycles. The van der Waals surface area contributed by atoms with Crippen molar-refractivity contribution in [3.05, 3.63) is 81.9 Å². The highest BCUT2D eigenvalue weighted by Gasteiger charge is 2.31. The third-order valence-electron chi connectivity index (χ3n) is 4.38. The molecule has 2 heterocycles. The molecule has 0 unspecified atom stereocenters. The van der Waals surface area contributed by atoms with Gasteiger partial charge in [0.1, 0.15) is 12.1 Å². The van der Waals surface area contributed by atoms with Crippen LogP contribution in [0, 0.1) is 15.9 Å². The van der Waals surface area contributed by atoms with Crippen LogP contribution in [0.2, 0.25) is 0 Å². The van der Waals surface area contributed by atoms with Gasteiger partial charge in [-0.25, -0.2) is 9.07 Å². The van der Waals surface area contributed by atoms with Crippen molar-refractivity contribution >= 4 is 11.6 Å². The molecular weight excluding hydrogens is 325 g/mol. The molecule has 0 fully saturated rings. The third-order valence-corrected chi connectivity index (χ3v) is 4.38. The molecule has 1 N–H and O–H groups in total. The van der Waals surface area contributed by atoms with Crippen LogP contribution in [0.4, 0.5) is 16.0 Å². The Kier molecular flexibility index (Phi) is 3.64. The first kappa shape index (κ1) is 15.3. The van der Waals surface area contributed by atoms with E-state index in [9.17, 15) is 14.5 Å². The van der Waals surface area contributed by atoms with Gasteiger partial charge in [-0.1, -0.05) is 30.3 Å². The first-order chi connectivity index (χ1) is 12.1. The fraction of sp³-hybridized carbons (Fsp3) is 0.176. The minimum atomic E-state index is -0.427. The number of rotatable bonds is 3. The van der Waals surface area contributed by atoms with E-state index in [2.05, 4.69) is 15.4 Å². The summed E-state index contributed by atoms with van der Waals surface area (Å²) in [7, 11) is 0. The van der Waals surface area contributed by atoms with Crippen molar-refractivity contribution in [1.29, 1.82) is 0 Å². The number of non-ortho nitro benzene ring substituents is 1. The van der Waals surface area contributed by atoms with E-state index in [-0.39, 0.29) is 23.6 Å². The van der Waals surface area contributed by atoms with Gasteiger partial charge in [0.2, 0.25) is 5.95 Å². The number of fused-ring (bicyclic) bond motifs is 1. The number of hydrogen-bond acceptors (Lipinski definition) is 5. The van der Waals surface area contributed by atoms with Crippen molar-refractivity contribution in [2.75, 3.05) is 5.32 Å². The molecule has 0 saturated heterocycles. The maximum absolute atomic E-state index is 14.3. The second kappa shape index (κ2) is 5.97. The lowest BCUT2D eigenvalue weighted by molar-refractivity contribution is -0.384. The van der Waals surface area contributed by atoms with Crippen LogP contribution in [-0.2, 0) is 0 Å². The second-order valence-corrected chi connectivity index (χ2v) is 5.85. The van der Waals surface area contributed by atoms with E-state index in [1.54, 1.807) is 28.9 Å². The number of benzene rings is 2. The largest absolute Gasteiger partial charge is 0.348 e. The predicted molar refractivity (Wildman–Crippen MR) is 88.6 cm³/mol. The highest BCUT2D eigenvalue weighted by Crippen LogP contribution is 2.38. The van der Waals surface area contributed by atoms with Crippen molar-refractivity contribution in [2.24, 2.45) is 0 Å². The van der Waals surface area contributed by atoms with Crippen molar-refractivity contribution in [2.45, 2.75) is 18.5 Å². The Morgan fingerprint density at radius 2 is 2.08 bits per heavy atom. The number of nitro groups is 1. The summed E-state index contributed by atoms with van der Waals surface area (Å²) < 4.78 is 15.9. The minimum absolute atomic E-state index is 0.0220. The highest BCUT2D eigenvalue weighted by atomic mass is 19.1. The van der Waals surface area contributed by atoms with Crippen LogP contribution >= 0.6 is 0 Å². The van der Waals surface area contributed by atoms with Crippen LogP contribution in [0.25, 0.3) is 0 Å². The number of hydrogen-bond donors (Lipinski definition) is 1. The molecule has 7 nitrogen and oxygen atoms in total. The normalized spacial score (nSPS) is 19.1. The summed E-state index contributed by atoms with van der Waals surface area (Å²) >= 11 is 0. The van der Waals surface area contributed by atoms with Crippen molar-refractivity contribution in [3.8, 4) is 0 Å². The summed E-state index contributed by atoms with van der Waals surface area (Å²) in [6.07, 6.45) is 1.91. The van der Waals surface area contributed by atoms with Gasteiger partial charge in [-0.15, -0.1) is 0 Å². The lowest BCUT2D eigenvalue weighted by Crippen LogP contribution is -2.28. The lowest BCUT2D eigenvalue weighted by atomic mass is 9.93. The molecule has 0 amide bonds. The number of halogens is 1. The lowest BCUT2D eigenvalue weighted by Gasteiger charge is -2.31. The van der Waals surface area contributed by atoms with E-state index >= 15 is 0 Å². The SMILES string of the molecule is O=[N+]([O-])c1cccc([C@@H]2C[C@@H](c3ccccc3F)n3ncnc3N2)c1. The van der Waals surface area contributed by atoms with Crippen molar-refractivity contribution in [1.82, 2.24) is 14.8 Å². The zero-order chi connectivity index (χ0) is 17.4. The third kappa shape index (κ3) is 2.71. The van der Waals surface area contributed by atoms with Crippen molar-refractivity contribution < 1.29 is 9.31 Å². The Bertz CT molecular complexity index is 942. The van der Waals surface area contributed by atoms with Gasteiger partial charge in [0.05, 0.1) is 17.0 Å². The molecule has 1 aliphatic rings.